The zero-order chi connectivity index (χ0) is 13.1. The van der Waals surface area contributed by atoms with Gasteiger partial charge in [0.05, 0.1) is 0 Å². The van der Waals surface area contributed by atoms with Gasteiger partial charge in [0.25, 0.3) is 0 Å². The topological polar surface area (TPSA) is 60.9 Å². The number of aliphatic carboxylic acids is 1. The Labute approximate surface area is 108 Å². The molecule has 0 radical (unpaired) electrons. The van der Waals surface area contributed by atoms with Crippen LogP contribution in [0.4, 0.5) is 4.79 Å². The molecule has 2 fully saturated rings. The molecular formula is C13H22N2O3. The fourth-order valence-corrected chi connectivity index (χ4v) is 2.70. The highest BCUT2D eigenvalue weighted by Crippen LogP contribution is 2.30. The van der Waals surface area contributed by atoms with Gasteiger partial charge >= 0.3 is 12.0 Å². The van der Waals surface area contributed by atoms with Crippen LogP contribution in [0.2, 0.25) is 0 Å². The van der Waals surface area contributed by atoms with Gasteiger partial charge in [-0.25, -0.2) is 4.79 Å². The molecule has 0 saturated heterocycles. The quantitative estimate of drug-likeness (QED) is 0.813. The zero-order valence-electron chi connectivity index (χ0n) is 11.0. The molecule has 0 heterocycles. The van der Waals surface area contributed by atoms with E-state index < -0.39 is 5.97 Å². The Kier molecular flexibility index (Phi) is 4.09. The Morgan fingerprint density at radius 1 is 1.17 bits per heavy atom. The number of carbonyl (C=O) groups excluding carboxylic acids is 1. The largest absolute Gasteiger partial charge is 0.480 e. The molecule has 1 N–H and O–H groups in total. The number of carboxylic acid groups (broad SMARTS) is 1. The molecule has 0 aromatic heterocycles. The second-order valence-electron chi connectivity index (χ2n) is 5.57. The first-order valence-electron chi connectivity index (χ1n) is 6.81. The van der Waals surface area contributed by atoms with E-state index in [0.29, 0.717) is 5.92 Å². The van der Waals surface area contributed by atoms with Gasteiger partial charge in [-0.2, -0.15) is 0 Å². The van der Waals surface area contributed by atoms with Crippen molar-refractivity contribution >= 4 is 12.0 Å². The van der Waals surface area contributed by atoms with Crippen LogP contribution >= 0.6 is 0 Å². The Morgan fingerprint density at radius 3 is 2.28 bits per heavy atom. The highest BCUT2D eigenvalue weighted by atomic mass is 16.4. The van der Waals surface area contributed by atoms with Crippen LogP contribution in [0.5, 0.6) is 0 Å². The summed E-state index contributed by atoms with van der Waals surface area (Å²) < 4.78 is 0. The van der Waals surface area contributed by atoms with Crippen molar-refractivity contribution in [3.05, 3.63) is 0 Å². The summed E-state index contributed by atoms with van der Waals surface area (Å²) in [7, 11) is 1.78. The highest BCUT2D eigenvalue weighted by molar-refractivity contribution is 5.80. The summed E-state index contributed by atoms with van der Waals surface area (Å²) in [5, 5.41) is 8.96. The molecule has 18 heavy (non-hydrogen) atoms. The minimum atomic E-state index is -0.921. The van der Waals surface area contributed by atoms with Gasteiger partial charge in [0, 0.05) is 19.6 Å². The average molecular weight is 254 g/mol. The van der Waals surface area contributed by atoms with Gasteiger partial charge in [-0.15, -0.1) is 0 Å². The molecule has 2 amide bonds. The number of rotatable bonds is 5. The van der Waals surface area contributed by atoms with Gasteiger partial charge in [-0.05, 0) is 31.6 Å². The molecule has 2 aliphatic carbocycles. The molecule has 0 aromatic carbocycles. The third-order valence-electron chi connectivity index (χ3n) is 3.87. The maximum absolute atomic E-state index is 12.3. The molecule has 0 spiro atoms. The number of nitrogens with zero attached hydrogens (tertiary/aromatic N) is 2. The Hall–Kier alpha value is -1.26. The molecule has 5 nitrogen and oxygen atoms in total. The summed E-state index contributed by atoms with van der Waals surface area (Å²) >= 11 is 0. The van der Waals surface area contributed by atoms with E-state index in [1.54, 1.807) is 16.8 Å². The van der Waals surface area contributed by atoms with E-state index in [1.165, 1.54) is 12.8 Å². The normalized spacial score (nSPS) is 19.8. The van der Waals surface area contributed by atoms with E-state index in [0.717, 1.165) is 32.2 Å². The van der Waals surface area contributed by atoms with Gasteiger partial charge in [0.15, 0.2) is 0 Å². The van der Waals surface area contributed by atoms with E-state index in [-0.39, 0.29) is 18.6 Å². The molecular weight excluding hydrogens is 232 g/mol. The van der Waals surface area contributed by atoms with Crippen LogP contribution in [0.3, 0.4) is 0 Å². The van der Waals surface area contributed by atoms with Crippen molar-refractivity contribution in [3.63, 3.8) is 0 Å². The van der Waals surface area contributed by atoms with E-state index in [1.807, 2.05) is 0 Å². The maximum Gasteiger partial charge on any atom is 0.323 e. The van der Waals surface area contributed by atoms with Crippen LogP contribution < -0.4 is 0 Å². The molecule has 0 aromatic rings. The van der Waals surface area contributed by atoms with Gasteiger partial charge in [-0.3, -0.25) is 4.79 Å². The van der Waals surface area contributed by atoms with Gasteiger partial charge in [0.2, 0.25) is 0 Å². The zero-order valence-corrected chi connectivity index (χ0v) is 11.0. The monoisotopic (exact) mass is 254 g/mol. The van der Waals surface area contributed by atoms with Crippen LogP contribution in [0.25, 0.3) is 0 Å². The van der Waals surface area contributed by atoms with Crippen molar-refractivity contribution in [3.8, 4) is 0 Å². The minimum Gasteiger partial charge on any atom is -0.480 e. The second kappa shape index (κ2) is 5.59. The van der Waals surface area contributed by atoms with Gasteiger partial charge < -0.3 is 14.9 Å². The Bertz CT molecular complexity index is 322. The fourth-order valence-electron chi connectivity index (χ4n) is 2.70. The van der Waals surface area contributed by atoms with Crippen molar-refractivity contribution in [1.82, 2.24) is 9.80 Å². The summed E-state index contributed by atoms with van der Waals surface area (Å²) in [5.74, 6) is -0.288. The van der Waals surface area contributed by atoms with Gasteiger partial charge in [-0.1, -0.05) is 12.8 Å². The Balaban J connectivity index is 1.96. The number of amides is 2. The third kappa shape index (κ3) is 3.37. The molecule has 102 valence electrons. The Morgan fingerprint density at radius 2 is 1.78 bits per heavy atom. The van der Waals surface area contributed by atoms with Crippen LogP contribution in [-0.4, -0.2) is 53.1 Å². The van der Waals surface area contributed by atoms with Crippen LogP contribution in [0.1, 0.15) is 38.5 Å². The molecule has 0 atom stereocenters. The van der Waals surface area contributed by atoms with E-state index in [4.69, 9.17) is 5.11 Å². The molecule has 2 aliphatic rings. The number of hydrogen-bond acceptors (Lipinski definition) is 2. The predicted octanol–water partition coefficient (Wildman–Crippen LogP) is 1.78. The summed E-state index contributed by atoms with van der Waals surface area (Å²) in [6.07, 6.45) is 6.47. The number of hydrogen-bond donors (Lipinski definition) is 1. The van der Waals surface area contributed by atoms with Crippen molar-refractivity contribution in [1.29, 1.82) is 0 Å². The SMILES string of the molecule is CN(CC1CC1)C(=O)N(CC(=O)O)C1CCCC1. The van der Waals surface area contributed by atoms with Crippen LogP contribution in [-0.2, 0) is 4.79 Å². The summed E-state index contributed by atoms with van der Waals surface area (Å²) in [6, 6.07) is 0.00598. The molecule has 0 unspecified atom stereocenters. The first kappa shape index (κ1) is 13.2. The van der Waals surface area contributed by atoms with Gasteiger partial charge in [0.1, 0.15) is 6.54 Å². The number of carboxylic acids is 1. The van der Waals surface area contributed by atoms with E-state index in [2.05, 4.69) is 0 Å². The number of urea groups is 1. The van der Waals surface area contributed by atoms with Crippen LogP contribution in [0, 0.1) is 5.92 Å². The van der Waals surface area contributed by atoms with Crippen molar-refractivity contribution in [2.24, 2.45) is 5.92 Å². The summed E-state index contributed by atoms with van der Waals surface area (Å²) in [6.45, 7) is 0.597. The van der Waals surface area contributed by atoms with Crippen molar-refractivity contribution < 1.29 is 14.7 Å². The highest BCUT2D eigenvalue weighted by Gasteiger charge is 2.32. The van der Waals surface area contributed by atoms with E-state index in [9.17, 15) is 9.59 Å². The second-order valence-corrected chi connectivity index (χ2v) is 5.57. The lowest BCUT2D eigenvalue weighted by atomic mass is 10.2. The molecule has 0 aliphatic heterocycles. The van der Waals surface area contributed by atoms with E-state index >= 15 is 0 Å². The van der Waals surface area contributed by atoms with Crippen molar-refractivity contribution in [2.75, 3.05) is 20.1 Å². The molecule has 5 heteroatoms. The third-order valence-corrected chi connectivity index (χ3v) is 3.87. The average Bonchev–Trinajstić information content (AvgIpc) is 2.96. The predicted molar refractivity (Wildman–Crippen MR) is 67.3 cm³/mol. The molecule has 2 saturated carbocycles. The lowest BCUT2D eigenvalue weighted by Gasteiger charge is -2.31. The minimum absolute atomic E-state index is 0.115. The standard InChI is InChI=1S/C13H22N2O3/c1-14(8-10-6-7-10)13(18)15(9-12(16)17)11-4-2-3-5-11/h10-11H,2-9H2,1H3,(H,16,17). The lowest BCUT2D eigenvalue weighted by molar-refractivity contribution is -0.138. The molecule has 2 rings (SSSR count). The smallest absolute Gasteiger partial charge is 0.323 e. The maximum atomic E-state index is 12.3. The summed E-state index contributed by atoms with van der Waals surface area (Å²) in [5.41, 5.74) is 0. The number of carbonyl (C=O) groups is 2. The lowest BCUT2D eigenvalue weighted by Crippen LogP contribution is -2.48. The first-order valence-corrected chi connectivity index (χ1v) is 6.81. The summed E-state index contributed by atoms with van der Waals surface area (Å²) in [4.78, 5) is 26.5. The fraction of sp³-hybridized carbons (Fsp3) is 0.846. The molecule has 0 bridgehead atoms. The van der Waals surface area contributed by atoms with Crippen LogP contribution in [0.15, 0.2) is 0 Å². The van der Waals surface area contributed by atoms with Crippen molar-refractivity contribution in [2.45, 2.75) is 44.6 Å². The first-order chi connectivity index (χ1) is 8.58.